The molecule has 0 unspecified atom stereocenters. The second-order valence-corrected chi connectivity index (χ2v) is 6.69. The van der Waals surface area contributed by atoms with Crippen LogP contribution in [0.1, 0.15) is 27.2 Å². The van der Waals surface area contributed by atoms with Gasteiger partial charge in [-0.3, -0.25) is 9.78 Å². The third-order valence-corrected chi connectivity index (χ3v) is 4.65. The lowest BCUT2D eigenvalue weighted by Crippen LogP contribution is -2.15. The van der Waals surface area contributed by atoms with Crippen molar-refractivity contribution in [3.05, 3.63) is 77.1 Å². The van der Waals surface area contributed by atoms with E-state index in [-0.39, 0.29) is 12.7 Å². The molecule has 2 heterocycles. The molecule has 1 amide bonds. The maximum atomic E-state index is 12.6. The van der Waals surface area contributed by atoms with Gasteiger partial charge in [0.05, 0.1) is 0 Å². The number of carbonyl (C=O) groups excluding carboxylic acids is 1. The maximum Gasteiger partial charge on any atom is 0.274 e. The van der Waals surface area contributed by atoms with Crippen molar-refractivity contribution in [2.75, 3.05) is 17.4 Å². The Labute approximate surface area is 163 Å². The molecule has 0 atom stereocenters. The van der Waals surface area contributed by atoms with Crippen molar-refractivity contribution < 1.29 is 14.3 Å². The molecule has 6 heteroatoms. The summed E-state index contributed by atoms with van der Waals surface area (Å²) in [7, 11) is 0. The maximum absolute atomic E-state index is 12.6. The summed E-state index contributed by atoms with van der Waals surface area (Å²) in [5.41, 5.74) is 5.10. The zero-order valence-corrected chi connectivity index (χ0v) is 15.8. The summed E-state index contributed by atoms with van der Waals surface area (Å²) < 4.78 is 10.7. The number of rotatable bonds is 5. The number of ether oxygens (including phenoxy) is 2. The van der Waals surface area contributed by atoms with Crippen LogP contribution in [0.2, 0.25) is 0 Å². The first-order valence-corrected chi connectivity index (χ1v) is 9.06. The van der Waals surface area contributed by atoms with Gasteiger partial charge >= 0.3 is 0 Å². The summed E-state index contributed by atoms with van der Waals surface area (Å²) in [6.07, 6.45) is 1.63. The van der Waals surface area contributed by atoms with Crippen molar-refractivity contribution in [1.82, 2.24) is 4.98 Å². The molecule has 0 saturated carbocycles. The van der Waals surface area contributed by atoms with E-state index in [2.05, 4.69) is 15.6 Å². The highest BCUT2D eigenvalue weighted by Gasteiger charge is 2.14. The number of hydrogen-bond acceptors (Lipinski definition) is 5. The predicted octanol–water partition coefficient (Wildman–Crippen LogP) is 4.29. The average Bonchev–Trinajstić information content (AvgIpc) is 3.17. The van der Waals surface area contributed by atoms with Crippen LogP contribution in [-0.2, 0) is 6.54 Å². The van der Waals surface area contributed by atoms with Crippen LogP contribution in [0, 0.1) is 13.8 Å². The Hall–Kier alpha value is -3.54. The number of para-hydroxylation sites is 1. The second kappa shape index (κ2) is 7.60. The molecule has 3 aromatic rings. The molecule has 0 fully saturated rings. The summed E-state index contributed by atoms with van der Waals surface area (Å²) in [6, 6.07) is 15.3. The molecule has 1 aromatic heterocycles. The van der Waals surface area contributed by atoms with Crippen molar-refractivity contribution in [3.8, 4) is 11.5 Å². The molecule has 0 aliphatic carbocycles. The number of nitrogens with one attached hydrogen (secondary N) is 2. The molecule has 2 N–H and O–H groups in total. The van der Waals surface area contributed by atoms with Crippen molar-refractivity contribution in [2.24, 2.45) is 0 Å². The van der Waals surface area contributed by atoms with Gasteiger partial charge in [-0.1, -0.05) is 24.3 Å². The van der Waals surface area contributed by atoms with Crippen LogP contribution in [0.15, 0.2) is 54.7 Å². The fraction of sp³-hybridized carbons (Fsp3) is 0.182. The Bertz CT molecular complexity index is 1010. The van der Waals surface area contributed by atoms with E-state index < -0.39 is 0 Å². The highest BCUT2D eigenvalue weighted by Crippen LogP contribution is 2.32. The van der Waals surface area contributed by atoms with Crippen LogP contribution < -0.4 is 20.1 Å². The van der Waals surface area contributed by atoms with Crippen LogP contribution in [0.25, 0.3) is 0 Å². The topological polar surface area (TPSA) is 72.5 Å². The highest BCUT2D eigenvalue weighted by molar-refractivity contribution is 6.04. The molecule has 4 rings (SSSR count). The molecule has 1 aliphatic rings. The van der Waals surface area contributed by atoms with E-state index in [0.717, 1.165) is 39.6 Å². The largest absolute Gasteiger partial charge is 0.454 e. The Morgan fingerprint density at radius 1 is 1.04 bits per heavy atom. The fourth-order valence-corrected chi connectivity index (χ4v) is 3.11. The average molecular weight is 375 g/mol. The predicted molar refractivity (Wildman–Crippen MR) is 108 cm³/mol. The molecule has 0 spiro atoms. The lowest BCUT2D eigenvalue weighted by molar-refractivity contribution is 0.102. The highest BCUT2D eigenvalue weighted by atomic mass is 16.7. The van der Waals surface area contributed by atoms with Gasteiger partial charge in [0, 0.05) is 24.1 Å². The minimum atomic E-state index is -0.232. The number of nitrogens with zero attached hydrogens (tertiary/aromatic N) is 1. The number of fused-ring (bicyclic) bond motifs is 1. The molecular formula is C22H21N3O3. The van der Waals surface area contributed by atoms with Gasteiger partial charge in [0.1, 0.15) is 5.69 Å². The van der Waals surface area contributed by atoms with Gasteiger partial charge in [0.2, 0.25) is 6.79 Å². The number of aromatic nitrogens is 1. The van der Waals surface area contributed by atoms with Gasteiger partial charge in [-0.05, 0) is 54.8 Å². The minimum Gasteiger partial charge on any atom is -0.454 e. The first-order valence-electron chi connectivity index (χ1n) is 9.06. The summed E-state index contributed by atoms with van der Waals surface area (Å²) >= 11 is 0. The third-order valence-electron chi connectivity index (χ3n) is 4.65. The van der Waals surface area contributed by atoms with E-state index in [0.29, 0.717) is 12.2 Å². The number of amides is 1. The fourth-order valence-electron chi connectivity index (χ4n) is 3.11. The van der Waals surface area contributed by atoms with Crippen molar-refractivity contribution in [2.45, 2.75) is 20.4 Å². The summed E-state index contributed by atoms with van der Waals surface area (Å²) in [5.74, 6) is 1.28. The molecule has 0 bridgehead atoms. The summed E-state index contributed by atoms with van der Waals surface area (Å²) in [4.78, 5) is 16.8. The second-order valence-electron chi connectivity index (χ2n) is 6.69. The van der Waals surface area contributed by atoms with Crippen LogP contribution in [0.4, 0.5) is 11.4 Å². The molecule has 1 aliphatic heterocycles. The van der Waals surface area contributed by atoms with Gasteiger partial charge in [0.15, 0.2) is 11.5 Å². The molecule has 6 nitrogen and oxygen atoms in total. The van der Waals surface area contributed by atoms with E-state index >= 15 is 0 Å². The van der Waals surface area contributed by atoms with Gasteiger partial charge in [-0.25, -0.2) is 0 Å². The number of aryl methyl sites for hydroxylation is 2. The third kappa shape index (κ3) is 3.76. The minimum absolute atomic E-state index is 0.232. The van der Waals surface area contributed by atoms with E-state index in [9.17, 15) is 4.79 Å². The van der Waals surface area contributed by atoms with Crippen molar-refractivity contribution >= 4 is 17.3 Å². The Kier molecular flexibility index (Phi) is 4.85. The van der Waals surface area contributed by atoms with Crippen LogP contribution in [0.5, 0.6) is 11.5 Å². The zero-order valence-electron chi connectivity index (χ0n) is 15.8. The zero-order chi connectivity index (χ0) is 19.5. The van der Waals surface area contributed by atoms with E-state index in [4.69, 9.17) is 9.47 Å². The van der Waals surface area contributed by atoms with Crippen LogP contribution >= 0.6 is 0 Å². The molecule has 142 valence electrons. The number of anilines is 2. The van der Waals surface area contributed by atoms with Gasteiger partial charge in [-0.15, -0.1) is 0 Å². The quantitative estimate of drug-likeness (QED) is 0.696. The molecular weight excluding hydrogens is 354 g/mol. The lowest BCUT2D eigenvalue weighted by atomic mass is 10.1. The first-order chi connectivity index (χ1) is 13.6. The molecule has 0 saturated heterocycles. The molecule has 0 radical (unpaired) electrons. The van der Waals surface area contributed by atoms with Crippen molar-refractivity contribution in [1.29, 1.82) is 0 Å². The lowest BCUT2D eigenvalue weighted by Gasteiger charge is -2.12. The van der Waals surface area contributed by atoms with Crippen molar-refractivity contribution in [3.63, 3.8) is 0 Å². The molecule has 2 aromatic carbocycles. The monoisotopic (exact) mass is 375 g/mol. The Morgan fingerprint density at radius 2 is 1.82 bits per heavy atom. The van der Waals surface area contributed by atoms with E-state index in [1.54, 1.807) is 12.3 Å². The van der Waals surface area contributed by atoms with Crippen LogP contribution in [0.3, 0.4) is 0 Å². The SMILES string of the molecule is Cc1cccc(C)c1NC(=O)c1cc(NCc2ccc3c(c2)OCO3)ccn1. The van der Waals surface area contributed by atoms with Crippen LogP contribution in [-0.4, -0.2) is 17.7 Å². The number of hydrogen-bond donors (Lipinski definition) is 2. The standard InChI is InChI=1S/C22H21N3O3/c1-14-4-3-5-15(2)21(14)25-22(26)18-11-17(8-9-23-18)24-12-16-6-7-19-20(10-16)28-13-27-19/h3-11H,12-13H2,1-2H3,(H,23,24)(H,25,26). The first kappa shape index (κ1) is 17.9. The summed E-state index contributed by atoms with van der Waals surface area (Å²) in [5, 5.41) is 6.28. The smallest absolute Gasteiger partial charge is 0.274 e. The summed E-state index contributed by atoms with van der Waals surface area (Å²) in [6.45, 7) is 4.80. The van der Waals surface area contributed by atoms with E-state index in [1.807, 2.05) is 56.3 Å². The van der Waals surface area contributed by atoms with Gasteiger partial charge in [0.25, 0.3) is 5.91 Å². The Morgan fingerprint density at radius 3 is 2.64 bits per heavy atom. The normalized spacial score (nSPS) is 11.9. The number of pyridine rings is 1. The van der Waals surface area contributed by atoms with E-state index in [1.165, 1.54) is 0 Å². The number of carbonyl (C=O) groups is 1. The van der Waals surface area contributed by atoms with Gasteiger partial charge < -0.3 is 20.1 Å². The number of benzene rings is 2. The molecule has 28 heavy (non-hydrogen) atoms. The van der Waals surface area contributed by atoms with Gasteiger partial charge in [-0.2, -0.15) is 0 Å². The Balaban J connectivity index is 1.44.